The largest absolute Gasteiger partial charge is 0.481 e. The van der Waals surface area contributed by atoms with Gasteiger partial charge in [0.25, 0.3) is 0 Å². The van der Waals surface area contributed by atoms with E-state index in [1.807, 2.05) is 6.92 Å². The van der Waals surface area contributed by atoms with Gasteiger partial charge in [-0.1, -0.05) is 53.2 Å². The van der Waals surface area contributed by atoms with Crippen molar-refractivity contribution in [3.63, 3.8) is 0 Å². The first-order chi connectivity index (χ1) is 16.6. The van der Waals surface area contributed by atoms with Crippen LogP contribution in [0.1, 0.15) is 86.5 Å². The van der Waals surface area contributed by atoms with Crippen LogP contribution in [0.3, 0.4) is 0 Å². The van der Waals surface area contributed by atoms with Crippen molar-refractivity contribution in [3.05, 3.63) is 11.6 Å². The summed E-state index contributed by atoms with van der Waals surface area (Å²) in [6.45, 7) is 12.8. The predicted molar refractivity (Wildman–Crippen MR) is 137 cm³/mol. The molecule has 0 aliphatic heterocycles. The lowest BCUT2D eigenvalue weighted by atomic mass is 9.32. The molecular weight excluding hydrogens is 456 g/mol. The molecule has 0 aromatic carbocycles. The van der Waals surface area contributed by atoms with E-state index in [0.717, 1.165) is 25.7 Å². The number of allylic oxidation sites excluding steroid dienone is 2. The fourth-order valence-electron chi connectivity index (χ4n) is 11.2. The van der Waals surface area contributed by atoms with Crippen LogP contribution in [0.15, 0.2) is 11.6 Å². The summed E-state index contributed by atoms with van der Waals surface area (Å²) < 4.78 is 0. The summed E-state index contributed by atoms with van der Waals surface area (Å²) >= 11 is 0. The van der Waals surface area contributed by atoms with Crippen LogP contribution in [-0.2, 0) is 4.79 Å². The first-order valence-corrected chi connectivity index (χ1v) is 14.2. The van der Waals surface area contributed by atoms with Crippen molar-refractivity contribution in [3.8, 4) is 0 Å². The highest BCUT2D eigenvalue weighted by Gasteiger charge is 2.72. The maximum absolute atomic E-state index is 12.8. The van der Waals surface area contributed by atoms with E-state index in [0.29, 0.717) is 25.2 Å². The third kappa shape index (κ3) is 2.96. The number of carbonyl (C=O) groups is 1. The Labute approximate surface area is 216 Å². The smallest absolute Gasteiger partial charge is 0.310 e. The van der Waals surface area contributed by atoms with Crippen LogP contribution in [0.5, 0.6) is 0 Å². The molecule has 5 N–H and O–H groups in total. The van der Waals surface area contributed by atoms with Gasteiger partial charge in [0.05, 0.1) is 30.3 Å². The topological polar surface area (TPSA) is 118 Å². The maximum atomic E-state index is 12.8. The quantitative estimate of drug-likeness (QED) is 0.363. The summed E-state index contributed by atoms with van der Waals surface area (Å²) in [4.78, 5) is 12.8. The Morgan fingerprint density at radius 3 is 2.28 bits per heavy atom. The molecule has 0 radical (unpaired) electrons. The molecule has 0 spiro atoms. The Morgan fingerprint density at radius 2 is 1.67 bits per heavy atom. The molecule has 6 heteroatoms. The molecule has 5 aliphatic rings. The van der Waals surface area contributed by atoms with Crippen molar-refractivity contribution in [1.82, 2.24) is 0 Å². The highest BCUT2D eigenvalue weighted by atomic mass is 16.4. The van der Waals surface area contributed by atoms with Gasteiger partial charge in [-0.2, -0.15) is 0 Å². The Balaban J connectivity index is 1.65. The molecule has 5 rings (SSSR count). The van der Waals surface area contributed by atoms with Crippen molar-refractivity contribution >= 4 is 5.97 Å². The number of hydrogen-bond donors (Lipinski definition) is 5. The molecule has 5 aliphatic carbocycles. The van der Waals surface area contributed by atoms with Crippen molar-refractivity contribution < 1.29 is 30.3 Å². The first kappa shape index (κ1) is 26.6. The van der Waals surface area contributed by atoms with Crippen LogP contribution in [0.2, 0.25) is 0 Å². The summed E-state index contributed by atoms with van der Waals surface area (Å²) in [7, 11) is 0. The second-order valence-electron chi connectivity index (χ2n) is 14.6. The van der Waals surface area contributed by atoms with Crippen molar-refractivity contribution in [2.45, 2.75) is 105 Å². The van der Waals surface area contributed by atoms with Crippen molar-refractivity contribution in [1.29, 1.82) is 0 Å². The number of carboxylic acid groups (broad SMARTS) is 1. The van der Waals surface area contributed by atoms with E-state index in [-0.39, 0.29) is 41.1 Å². The van der Waals surface area contributed by atoms with Crippen LogP contribution < -0.4 is 0 Å². The number of aliphatic carboxylic acids is 1. The minimum absolute atomic E-state index is 0.000534. The summed E-state index contributed by atoms with van der Waals surface area (Å²) in [6.07, 6.45) is 4.44. The van der Waals surface area contributed by atoms with Crippen LogP contribution in [-0.4, -0.2) is 56.4 Å². The minimum atomic E-state index is -1.08. The zero-order chi connectivity index (χ0) is 26.6. The molecule has 4 saturated carbocycles. The SMILES string of the molecule is C[C@H]1[C@H](C)CC[C@]2(C(=O)O)CC[C@]3(C)C(=CC[C@@H]4[C@]5(C)C[C@H](O)[C@H](O)[C@](C)(CO)[C@@H]5[C@H](O)C[C@@]43C)[C@H]12. The molecular formula is C30H48O6. The standard InChI is InChI=1S/C30H48O6/c1-16-9-10-30(25(35)36)12-11-28(5)18(22(30)17(16)2)7-8-21-26(3)13-20(33)24(34)27(4,15-31)23(26)19(32)14-29(21,28)6/h7,16-17,19-24,31-34H,8-15H2,1-6H3,(H,35,36)/t16-,17+,19-,20+,21-,22+,23-,24+,26+,27-,28-,29+,30+/m1/s1. The van der Waals surface area contributed by atoms with Crippen molar-refractivity contribution in [2.75, 3.05) is 6.61 Å². The van der Waals surface area contributed by atoms with Gasteiger partial charge in [-0.05, 0) is 84.9 Å². The molecule has 36 heavy (non-hydrogen) atoms. The molecule has 6 nitrogen and oxygen atoms in total. The van der Waals surface area contributed by atoms with Crippen LogP contribution >= 0.6 is 0 Å². The third-order valence-electron chi connectivity index (χ3n) is 13.4. The second kappa shape index (κ2) is 8.03. The molecule has 13 atom stereocenters. The molecule has 204 valence electrons. The third-order valence-corrected chi connectivity index (χ3v) is 13.4. The van der Waals surface area contributed by atoms with Gasteiger partial charge in [0.15, 0.2) is 0 Å². The van der Waals surface area contributed by atoms with Gasteiger partial charge in [-0.15, -0.1) is 0 Å². The Kier molecular flexibility index (Phi) is 5.95. The van der Waals surface area contributed by atoms with Gasteiger partial charge in [-0.3, -0.25) is 4.79 Å². The first-order valence-electron chi connectivity index (χ1n) is 14.2. The van der Waals surface area contributed by atoms with E-state index in [2.05, 4.69) is 40.7 Å². The Hall–Kier alpha value is -0.950. The number of carboxylic acids is 1. The van der Waals surface area contributed by atoms with E-state index in [9.17, 15) is 30.3 Å². The molecule has 0 unspecified atom stereocenters. The summed E-state index contributed by atoms with van der Waals surface area (Å²) in [6, 6.07) is 0. The van der Waals surface area contributed by atoms with Gasteiger partial charge >= 0.3 is 5.97 Å². The highest BCUT2D eigenvalue weighted by molar-refractivity contribution is 5.76. The van der Waals surface area contributed by atoms with Gasteiger partial charge in [-0.25, -0.2) is 0 Å². The average Bonchev–Trinajstić information content (AvgIpc) is 2.80. The van der Waals surface area contributed by atoms with Crippen LogP contribution in [0.4, 0.5) is 0 Å². The molecule has 0 amide bonds. The lowest BCUT2D eigenvalue weighted by Crippen LogP contribution is -2.71. The van der Waals surface area contributed by atoms with Crippen LogP contribution in [0, 0.1) is 56.7 Å². The molecule has 0 aromatic heterocycles. The minimum Gasteiger partial charge on any atom is -0.481 e. The fourth-order valence-corrected chi connectivity index (χ4v) is 11.2. The van der Waals surface area contributed by atoms with Gasteiger partial charge in [0.2, 0.25) is 0 Å². The summed E-state index contributed by atoms with van der Waals surface area (Å²) in [5.74, 6) is -0.0914. The van der Waals surface area contributed by atoms with E-state index in [1.165, 1.54) is 5.57 Å². The molecule has 0 saturated heterocycles. The van der Waals surface area contributed by atoms with Crippen molar-refractivity contribution in [2.24, 2.45) is 56.7 Å². The highest BCUT2D eigenvalue weighted by Crippen LogP contribution is 2.75. The summed E-state index contributed by atoms with van der Waals surface area (Å²) in [5.41, 5.74) is -1.41. The van der Waals surface area contributed by atoms with E-state index >= 15 is 0 Å². The zero-order valence-corrected chi connectivity index (χ0v) is 23.0. The second-order valence-corrected chi connectivity index (χ2v) is 14.6. The fraction of sp³-hybridized carbons (Fsp3) is 0.900. The number of aliphatic hydroxyl groups excluding tert-OH is 4. The van der Waals surface area contributed by atoms with Gasteiger partial charge < -0.3 is 25.5 Å². The summed E-state index contributed by atoms with van der Waals surface area (Å²) in [5, 5.41) is 54.7. The van der Waals surface area contributed by atoms with Gasteiger partial charge in [0, 0.05) is 11.3 Å². The molecule has 0 aromatic rings. The van der Waals surface area contributed by atoms with Gasteiger partial charge in [0.1, 0.15) is 0 Å². The van der Waals surface area contributed by atoms with E-state index < -0.39 is 40.5 Å². The van der Waals surface area contributed by atoms with E-state index in [4.69, 9.17) is 0 Å². The molecule has 0 heterocycles. The average molecular weight is 505 g/mol. The normalized spacial score (nSPS) is 58.6. The monoisotopic (exact) mass is 504 g/mol. The maximum Gasteiger partial charge on any atom is 0.310 e. The number of hydrogen-bond acceptors (Lipinski definition) is 5. The zero-order valence-electron chi connectivity index (χ0n) is 23.0. The van der Waals surface area contributed by atoms with E-state index in [1.54, 1.807) is 0 Å². The number of aliphatic hydroxyl groups is 4. The number of rotatable bonds is 2. The number of fused-ring (bicyclic) bond motifs is 7. The lowest BCUT2D eigenvalue weighted by Gasteiger charge is -2.72. The Morgan fingerprint density at radius 1 is 1.00 bits per heavy atom. The Bertz CT molecular complexity index is 963. The van der Waals surface area contributed by atoms with Crippen LogP contribution in [0.25, 0.3) is 0 Å². The lowest BCUT2D eigenvalue weighted by molar-refractivity contribution is -0.273. The predicted octanol–water partition coefficient (Wildman–Crippen LogP) is 4.00. The molecule has 4 fully saturated rings. The molecule has 0 bridgehead atoms.